The molecular weight excluding hydrogens is 224 g/mol. The summed E-state index contributed by atoms with van der Waals surface area (Å²) in [6.45, 7) is 2.56. The van der Waals surface area contributed by atoms with E-state index in [0.717, 1.165) is 11.8 Å². The fourth-order valence-corrected chi connectivity index (χ4v) is 3.32. The zero-order valence-corrected chi connectivity index (χ0v) is 11.1. The van der Waals surface area contributed by atoms with Crippen LogP contribution in [0.4, 0.5) is 5.69 Å². The molecule has 2 heterocycles. The number of ether oxygens (including phenoxy) is 1. The van der Waals surface area contributed by atoms with Gasteiger partial charge < -0.3 is 10.1 Å². The van der Waals surface area contributed by atoms with Crippen LogP contribution >= 0.6 is 0 Å². The van der Waals surface area contributed by atoms with Crippen molar-refractivity contribution in [1.29, 1.82) is 0 Å². The number of fused-ring (bicyclic) bond motifs is 1. The van der Waals surface area contributed by atoms with Crippen LogP contribution in [-0.2, 0) is 0 Å². The number of benzene rings is 1. The lowest BCUT2D eigenvalue weighted by molar-refractivity contribution is 0.193. The lowest BCUT2D eigenvalue weighted by Gasteiger charge is -2.33. The molecule has 1 N–H and O–H groups in total. The number of methoxy groups -OCH3 is 1. The van der Waals surface area contributed by atoms with Gasteiger partial charge in [-0.1, -0.05) is 6.42 Å². The summed E-state index contributed by atoms with van der Waals surface area (Å²) in [6, 6.07) is 9.65. The average molecular weight is 246 g/mol. The lowest BCUT2D eigenvalue weighted by Crippen LogP contribution is -2.41. The van der Waals surface area contributed by atoms with Gasteiger partial charge in [0.05, 0.1) is 7.11 Å². The van der Waals surface area contributed by atoms with E-state index in [9.17, 15) is 0 Å². The van der Waals surface area contributed by atoms with Gasteiger partial charge in [-0.05, 0) is 50.1 Å². The molecule has 1 aromatic carbocycles. The summed E-state index contributed by atoms with van der Waals surface area (Å²) < 4.78 is 5.19. The largest absolute Gasteiger partial charge is 0.497 e. The molecule has 2 aliphatic heterocycles. The van der Waals surface area contributed by atoms with E-state index in [1.807, 2.05) is 12.1 Å². The summed E-state index contributed by atoms with van der Waals surface area (Å²) in [4.78, 5) is 2.66. The molecule has 0 amide bonds. The van der Waals surface area contributed by atoms with Crippen LogP contribution in [0.3, 0.4) is 0 Å². The molecule has 2 aliphatic rings. The number of piperidine rings is 1. The van der Waals surface area contributed by atoms with Crippen LogP contribution in [0.25, 0.3) is 0 Å². The van der Waals surface area contributed by atoms with Crippen LogP contribution in [0, 0.1) is 0 Å². The first-order valence-corrected chi connectivity index (χ1v) is 7.01. The van der Waals surface area contributed by atoms with Crippen molar-refractivity contribution in [2.75, 3.05) is 25.5 Å². The van der Waals surface area contributed by atoms with E-state index in [1.165, 1.54) is 44.5 Å². The molecule has 2 saturated heterocycles. The average Bonchev–Trinajstić information content (AvgIpc) is 2.83. The zero-order valence-electron chi connectivity index (χ0n) is 11.1. The third-order valence-corrected chi connectivity index (χ3v) is 4.30. The van der Waals surface area contributed by atoms with Gasteiger partial charge in [0.2, 0.25) is 0 Å². The van der Waals surface area contributed by atoms with Crippen LogP contribution in [-0.4, -0.2) is 37.2 Å². The van der Waals surface area contributed by atoms with Crippen molar-refractivity contribution in [3.63, 3.8) is 0 Å². The summed E-state index contributed by atoms with van der Waals surface area (Å²) in [6.07, 6.45) is 5.40. The van der Waals surface area contributed by atoms with Gasteiger partial charge in [0.25, 0.3) is 0 Å². The van der Waals surface area contributed by atoms with Crippen molar-refractivity contribution < 1.29 is 4.74 Å². The number of hydrogen-bond donors (Lipinski definition) is 1. The Balaban J connectivity index is 1.65. The Kier molecular flexibility index (Phi) is 3.41. The highest BCUT2D eigenvalue weighted by Gasteiger charge is 2.35. The van der Waals surface area contributed by atoms with E-state index in [4.69, 9.17) is 4.74 Å². The minimum Gasteiger partial charge on any atom is -0.497 e. The number of nitrogens with zero attached hydrogens (tertiary/aromatic N) is 1. The minimum atomic E-state index is 0.624. The first kappa shape index (κ1) is 11.8. The lowest BCUT2D eigenvalue weighted by atomic mass is 9.99. The maximum Gasteiger partial charge on any atom is 0.119 e. The van der Waals surface area contributed by atoms with Crippen molar-refractivity contribution in [3.05, 3.63) is 24.3 Å². The SMILES string of the molecule is COc1ccc(NC2CCN3CCCCC23)cc1. The van der Waals surface area contributed by atoms with E-state index in [0.29, 0.717) is 6.04 Å². The van der Waals surface area contributed by atoms with Crippen molar-refractivity contribution >= 4 is 5.69 Å². The molecule has 0 radical (unpaired) electrons. The van der Waals surface area contributed by atoms with Gasteiger partial charge in [0.15, 0.2) is 0 Å². The number of anilines is 1. The quantitative estimate of drug-likeness (QED) is 0.887. The Morgan fingerprint density at radius 3 is 2.72 bits per heavy atom. The van der Waals surface area contributed by atoms with E-state index in [1.54, 1.807) is 7.11 Å². The second-order valence-corrected chi connectivity index (χ2v) is 5.37. The van der Waals surface area contributed by atoms with E-state index >= 15 is 0 Å². The number of rotatable bonds is 3. The molecule has 0 aromatic heterocycles. The predicted molar refractivity (Wildman–Crippen MR) is 74.2 cm³/mol. The fraction of sp³-hybridized carbons (Fsp3) is 0.600. The van der Waals surface area contributed by atoms with Crippen molar-refractivity contribution in [1.82, 2.24) is 4.90 Å². The molecule has 1 aromatic rings. The molecule has 0 aliphatic carbocycles. The first-order chi connectivity index (χ1) is 8.86. The zero-order chi connectivity index (χ0) is 12.4. The number of nitrogens with one attached hydrogen (secondary N) is 1. The van der Waals surface area contributed by atoms with Gasteiger partial charge in [-0.2, -0.15) is 0 Å². The van der Waals surface area contributed by atoms with Crippen molar-refractivity contribution in [3.8, 4) is 5.75 Å². The van der Waals surface area contributed by atoms with Crippen LogP contribution in [0.2, 0.25) is 0 Å². The monoisotopic (exact) mass is 246 g/mol. The smallest absolute Gasteiger partial charge is 0.119 e. The molecule has 2 unspecified atom stereocenters. The highest BCUT2D eigenvalue weighted by molar-refractivity contribution is 5.47. The molecule has 3 nitrogen and oxygen atoms in total. The number of hydrogen-bond acceptors (Lipinski definition) is 3. The molecule has 98 valence electrons. The standard InChI is InChI=1S/C15H22N2O/c1-18-13-7-5-12(6-8-13)16-14-9-11-17-10-3-2-4-15(14)17/h5-8,14-16H,2-4,9-11H2,1H3. The molecule has 0 bridgehead atoms. The summed E-state index contributed by atoms with van der Waals surface area (Å²) in [5.41, 5.74) is 1.22. The molecule has 3 rings (SSSR count). The molecule has 2 atom stereocenters. The summed E-state index contributed by atoms with van der Waals surface area (Å²) in [5, 5.41) is 3.69. The summed E-state index contributed by atoms with van der Waals surface area (Å²) in [7, 11) is 1.71. The molecule has 2 fully saturated rings. The van der Waals surface area contributed by atoms with Crippen molar-refractivity contribution in [2.45, 2.75) is 37.8 Å². The van der Waals surface area contributed by atoms with Gasteiger partial charge in [-0.15, -0.1) is 0 Å². The normalized spacial score (nSPS) is 27.8. The van der Waals surface area contributed by atoms with Crippen LogP contribution in [0.5, 0.6) is 5.75 Å². The molecule has 0 saturated carbocycles. The van der Waals surface area contributed by atoms with Gasteiger partial charge in [-0.25, -0.2) is 0 Å². The summed E-state index contributed by atoms with van der Waals surface area (Å²) in [5.74, 6) is 0.922. The van der Waals surface area contributed by atoms with Crippen LogP contribution < -0.4 is 10.1 Å². The van der Waals surface area contributed by atoms with E-state index in [2.05, 4.69) is 22.3 Å². The molecule has 18 heavy (non-hydrogen) atoms. The van der Waals surface area contributed by atoms with Crippen molar-refractivity contribution in [2.24, 2.45) is 0 Å². The van der Waals surface area contributed by atoms with Gasteiger partial charge >= 0.3 is 0 Å². The first-order valence-electron chi connectivity index (χ1n) is 7.01. The maximum absolute atomic E-state index is 5.19. The third kappa shape index (κ3) is 2.32. The predicted octanol–water partition coefficient (Wildman–Crippen LogP) is 2.73. The van der Waals surface area contributed by atoms with E-state index < -0.39 is 0 Å². The van der Waals surface area contributed by atoms with Gasteiger partial charge in [0.1, 0.15) is 5.75 Å². The maximum atomic E-state index is 5.19. The second kappa shape index (κ2) is 5.19. The van der Waals surface area contributed by atoms with Crippen LogP contribution in [0.15, 0.2) is 24.3 Å². The van der Waals surface area contributed by atoms with Gasteiger partial charge in [-0.3, -0.25) is 4.90 Å². The third-order valence-electron chi connectivity index (χ3n) is 4.30. The highest BCUT2D eigenvalue weighted by Crippen LogP contribution is 2.29. The Bertz CT molecular complexity index is 390. The minimum absolute atomic E-state index is 0.624. The molecular formula is C15H22N2O. The molecule has 3 heteroatoms. The Labute approximate surface area is 109 Å². The summed E-state index contributed by atoms with van der Waals surface area (Å²) >= 11 is 0. The van der Waals surface area contributed by atoms with Crippen LogP contribution in [0.1, 0.15) is 25.7 Å². The fourth-order valence-electron chi connectivity index (χ4n) is 3.32. The second-order valence-electron chi connectivity index (χ2n) is 5.37. The van der Waals surface area contributed by atoms with Gasteiger partial charge in [0, 0.05) is 24.3 Å². The topological polar surface area (TPSA) is 24.5 Å². The highest BCUT2D eigenvalue weighted by atomic mass is 16.5. The van der Waals surface area contributed by atoms with E-state index in [-0.39, 0.29) is 0 Å². The Hall–Kier alpha value is -1.22. The Morgan fingerprint density at radius 2 is 1.94 bits per heavy atom. The molecule has 0 spiro atoms. The Morgan fingerprint density at radius 1 is 1.11 bits per heavy atom.